The smallest absolute Gasteiger partial charge is 0.219 e. The van der Waals surface area contributed by atoms with E-state index in [4.69, 9.17) is 30.8 Å². The Hall–Kier alpha value is -4.22. The monoisotopic (exact) mass is 701 g/mol. The number of benzene rings is 2. The summed E-state index contributed by atoms with van der Waals surface area (Å²) in [6, 6.07) is 18.4. The maximum Gasteiger partial charge on any atom is 0.219 e. The fraction of sp³-hybridized carbons (Fsp3) is 0.371. The van der Waals surface area contributed by atoms with E-state index in [1.54, 1.807) is 23.5 Å². The quantitative estimate of drug-likeness (QED) is 0.202. The second-order valence-electron chi connectivity index (χ2n) is 12.4. The molecule has 0 saturated carbocycles. The van der Waals surface area contributed by atoms with E-state index in [0.717, 1.165) is 72.2 Å². The second kappa shape index (κ2) is 14.3. The van der Waals surface area contributed by atoms with Gasteiger partial charge in [0.05, 0.1) is 36.9 Å². The van der Waals surface area contributed by atoms with Crippen LogP contribution in [0.5, 0.6) is 5.75 Å². The third kappa shape index (κ3) is 7.10. The number of ether oxygens (including phenoxy) is 3. The second-order valence-corrected chi connectivity index (χ2v) is 13.4. The highest BCUT2D eigenvalue weighted by atomic mass is 35.5. The zero-order valence-corrected chi connectivity index (χ0v) is 29.6. The first-order chi connectivity index (χ1) is 23.8. The molecule has 3 aliphatic heterocycles. The molecule has 3 aliphatic rings. The van der Waals surface area contributed by atoms with Crippen LogP contribution in [0.3, 0.4) is 0 Å². The third-order valence-corrected chi connectivity index (χ3v) is 9.85. The summed E-state index contributed by atoms with van der Waals surface area (Å²) >= 11 is 6.65. The fourth-order valence-corrected chi connectivity index (χ4v) is 6.97. The van der Waals surface area contributed by atoms with Crippen molar-refractivity contribution >= 4 is 49.7 Å². The van der Waals surface area contributed by atoms with Crippen molar-refractivity contribution in [3.05, 3.63) is 96.2 Å². The number of halogens is 1. The summed E-state index contributed by atoms with van der Waals surface area (Å²) in [6.07, 6.45) is 7.67. The molecule has 2 aromatic heterocycles. The summed E-state index contributed by atoms with van der Waals surface area (Å²) in [4.78, 5) is 13.0. The standard InChI is InChI=1S/C35H41ClN9O3P/c1-4-25(2)45-26(3)43(24-40-45)34-12-7-28(20-37-34)42-17-15-41(16-18-42)27-5-8-29(9-6-27)46-21-30-22-47-35(48-30,23-44-38-13-14-39-44)32-11-10-31(49)19-33(32)36/h5-14,19-20,24-25,30H,3-4,15-18,21-23,49H2,1-2H3. The summed E-state index contributed by atoms with van der Waals surface area (Å²) in [5.74, 6) is 1.29. The van der Waals surface area contributed by atoms with Gasteiger partial charge in [-0.3, -0.25) is 4.90 Å². The Bertz CT molecular complexity index is 1770. The molecule has 4 aromatic rings. The van der Waals surface area contributed by atoms with Gasteiger partial charge in [-0.1, -0.05) is 37.2 Å². The number of rotatable bonds is 11. The number of hydrazone groups is 1. The number of pyridine rings is 1. The van der Waals surface area contributed by atoms with Gasteiger partial charge in [-0.25, -0.2) is 9.99 Å². The van der Waals surface area contributed by atoms with Crippen LogP contribution in [0.2, 0.25) is 5.02 Å². The molecule has 49 heavy (non-hydrogen) atoms. The minimum Gasteiger partial charge on any atom is -0.491 e. The van der Waals surface area contributed by atoms with Crippen LogP contribution < -0.4 is 24.7 Å². The predicted octanol–water partition coefficient (Wildman–Crippen LogP) is 4.84. The van der Waals surface area contributed by atoms with Gasteiger partial charge in [0.15, 0.2) is 0 Å². The first kappa shape index (κ1) is 33.3. The van der Waals surface area contributed by atoms with Crippen molar-refractivity contribution < 1.29 is 14.2 Å². The highest BCUT2D eigenvalue weighted by molar-refractivity contribution is 7.27. The van der Waals surface area contributed by atoms with E-state index in [0.29, 0.717) is 18.2 Å². The van der Waals surface area contributed by atoms with Crippen LogP contribution in [-0.4, -0.2) is 82.9 Å². The molecule has 4 unspecified atom stereocenters. The molecule has 7 rings (SSSR count). The first-order valence-corrected chi connectivity index (χ1v) is 17.5. The molecule has 5 heterocycles. The average Bonchev–Trinajstić information content (AvgIpc) is 3.88. The van der Waals surface area contributed by atoms with Crippen LogP contribution in [-0.2, 0) is 21.8 Å². The van der Waals surface area contributed by atoms with Gasteiger partial charge in [0, 0.05) is 42.5 Å². The molecule has 0 aliphatic carbocycles. The molecule has 0 spiro atoms. The number of piperazine rings is 1. The van der Waals surface area contributed by atoms with Gasteiger partial charge < -0.3 is 24.0 Å². The Morgan fingerprint density at radius 1 is 1.02 bits per heavy atom. The number of hydrogen-bond donors (Lipinski definition) is 0. The average molecular weight is 702 g/mol. The molecule has 0 N–H and O–H groups in total. The maximum atomic E-state index is 6.65. The Morgan fingerprint density at radius 2 is 1.73 bits per heavy atom. The minimum atomic E-state index is -1.13. The van der Waals surface area contributed by atoms with Gasteiger partial charge in [-0.05, 0) is 61.1 Å². The molecule has 2 saturated heterocycles. The number of nitrogens with zero attached hydrogens (tertiary/aromatic N) is 9. The molecule has 2 fully saturated rings. The van der Waals surface area contributed by atoms with Crippen LogP contribution in [0.1, 0.15) is 25.8 Å². The lowest BCUT2D eigenvalue weighted by Gasteiger charge is -2.37. The van der Waals surface area contributed by atoms with E-state index in [1.165, 1.54) is 0 Å². The SMILES string of the molecule is C=C1N(c2ccc(N3CCN(c4ccc(OCC5COC(Cn6nccn6)(c6ccc(P)cc6Cl)O5)cc4)CC3)cn2)C=NN1C(C)CC. The number of anilines is 3. The van der Waals surface area contributed by atoms with E-state index in [-0.39, 0.29) is 18.7 Å². The predicted molar refractivity (Wildman–Crippen MR) is 196 cm³/mol. The summed E-state index contributed by atoms with van der Waals surface area (Å²) in [5, 5.41) is 16.5. The molecule has 4 atom stereocenters. The first-order valence-electron chi connectivity index (χ1n) is 16.5. The Labute approximate surface area is 294 Å². The van der Waals surface area contributed by atoms with Crippen molar-refractivity contribution in [1.82, 2.24) is 25.0 Å². The normalized spacial score (nSPS) is 21.6. The zero-order valence-electron chi connectivity index (χ0n) is 27.7. The summed E-state index contributed by atoms with van der Waals surface area (Å²) in [6.45, 7) is 13.1. The molecule has 2 aromatic carbocycles. The summed E-state index contributed by atoms with van der Waals surface area (Å²) < 4.78 is 19.0. The van der Waals surface area contributed by atoms with E-state index in [2.05, 4.69) is 73.0 Å². The van der Waals surface area contributed by atoms with Gasteiger partial charge >= 0.3 is 0 Å². The van der Waals surface area contributed by atoms with Crippen molar-refractivity contribution in [2.75, 3.05) is 54.1 Å². The lowest BCUT2D eigenvalue weighted by molar-refractivity contribution is -0.192. The van der Waals surface area contributed by atoms with E-state index in [9.17, 15) is 0 Å². The molecule has 256 valence electrons. The van der Waals surface area contributed by atoms with E-state index >= 15 is 0 Å². The van der Waals surface area contributed by atoms with Gasteiger partial charge in [0.2, 0.25) is 5.79 Å². The minimum absolute atomic E-state index is 0.262. The molecule has 14 heteroatoms. The van der Waals surface area contributed by atoms with Crippen LogP contribution in [0, 0.1) is 0 Å². The Balaban J connectivity index is 0.911. The highest BCUT2D eigenvalue weighted by Gasteiger charge is 2.46. The molecule has 0 bridgehead atoms. The molecule has 0 radical (unpaired) electrons. The van der Waals surface area contributed by atoms with Crippen molar-refractivity contribution in [3.63, 3.8) is 0 Å². The molecule has 12 nitrogen and oxygen atoms in total. The van der Waals surface area contributed by atoms with Crippen LogP contribution in [0.4, 0.5) is 17.2 Å². The summed E-state index contributed by atoms with van der Waals surface area (Å²) in [5.41, 5.74) is 3.01. The highest BCUT2D eigenvalue weighted by Crippen LogP contribution is 2.39. The number of hydrogen-bond acceptors (Lipinski definition) is 11. The largest absolute Gasteiger partial charge is 0.491 e. The van der Waals surface area contributed by atoms with Crippen molar-refractivity contribution in [3.8, 4) is 5.75 Å². The van der Waals surface area contributed by atoms with E-state index < -0.39 is 5.79 Å². The van der Waals surface area contributed by atoms with Gasteiger partial charge in [0.25, 0.3) is 0 Å². The van der Waals surface area contributed by atoms with Crippen molar-refractivity contribution in [2.24, 2.45) is 5.10 Å². The lowest BCUT2D eigenvalue weighted by Crippen LogP contribution is -2.46. The Kier molecular flexibility index (Phi) is 9.73. The zero-order chi connectivity index (χ0) is 34.0. The summed E-state index contributed by atoms with van der Waals surface area (Å²) in [7, 11) is 2.65. The van der Waals surface area contributed by atoms with Crippen molar-refractivity contribution in [1.29, 1.82) is 0 Å². The number of aromatic nitrogens is 4. The maximum absolute atomic E-state index is 6.65. The van der Waals surface area contributed by atoms with E-state index in [1.807, 2.05) is 52.5 Å². The van der Waals surface area contributed by atoms with Gasteiger partial charge in [-0.2, -0.15) is 20.1 Å². The molecular weight excluding hydrogens is 661 g/mol. The Morgan fingerprint density at radius 3 is 2.41 bits per heavy atom. The van der Waals surface area contributed by atoms with Gasteiger partial charge in [0.1, 0.15) is 43.0 Å². The van der Waals surface area contributed by atoms with Crippen LogP contribution in [0.15, 0.2) is 90.7 Å². The topological polar surface area (TPSA) is 96.6 Å². The van der Waals surface area contributed by atoms with Crippen LogP contribution >= 0.6 is 20.8 Å². The molecule has 0 amide bonds. The van der Waals surface area contributed by atoms with Crippen LogP contribution in [0.25, 0.3) is 0 Å². The van der Waals surface area contributed by atoms with Crippen molar-refractivity contribution in [2.45, 2.75) is 44.7 Å². The van der Waals surface area contributed by atoms with Gasteiger partial charge in [-0.15, -0.1) is 9.24 Å². The third-order valence-electron chi connectivity index (χ3n) is 9.18. The lowest BCUT2D eigenvalue weighted by atomic mass is 10.1. The molecular formula is C35H41ClN9O3P. The fourth-order valence-electron chi connectivity index (χ4n) is 6.26.